The first-order valence-electron chi connectivity index (χ1n) is 6.53. The molecule has 2 rings (SSSR count). The minimum atomic E-state index is -0.0765. The molecule has 0 aromatic rings. The topological polar surface area (TPSA) is 9.23 Å². The Bertz CT molecular complexity index is 321. The van der Waals surface area contributed by atoms with Crippen LogP contribution >= 0.6 is 0 Å². The van der Waals surface area contributed by atoms with E-state index in [0.29, 0.717) is 17.8 Å². The molecule has 1 heterocycles. The van der Waals surface area contributed by atoms with Gasteiger partial charge in [0.15, 0.2) is 0 Å². The molecule has 4 unspecified atom stereocenters. The van der Waals surface area contributed by atoms with Gasteiger partial charge in [0.05, 0.1) is 5.60 Å². The maximum Gasteiger partial charge on any atom is 0.109 e. The monoisotopic (exact) mass is 218 g/mol. The van der Waals surface area contributed by atoms with Crippen LogP contribution in [-0.2, 0) is 4.74 Å². The van der Waals surface area contributed by atoms with Crippen LogP contribution in [0, 0.1) is 17.8 Å². The zero-order chi connectivity index (χ0) is 12.1. The smallest absolute Gasteiger partial charge is 0.109 e. The lowest BCUT2D eigenvalue weighted by molar-refractivity contribution is -0.0452. The van der Waals surface area contributed by atoms with Crippen molar-refractivity contribution in [1.82, 2.24) is 0 Å². The van der Waals surface area contributed by atoms with Crippen molar-refractivity contribution in [3.8, 4) is 0 Å². The molecule has 0 bridgehead atoms. The van der Waals surface area contributed by atoms with Crippen LogP contribution in [0.2, 0.25) is 0 Å². The molecule has 0 amide bonds. The average molecular weight is 218 g/mol. The summed E-state index contributed by atoms with van der Waals surface area (Å²) in [5.74, 6) is 1.73. The number of hydrogen-bond acceptors (Lipinski definition) is 1. The minimum Gasteiger partial charge on any atom is -0.380 e. The predicted octanol–water partition coefficient (Wildman–Crippen LogP) is 3.29. The fourth-order valence-corrected chi connectivity index (χ4v) is 3.82. The van der Waals surface area contributed by atoms with Crippen LogP contribution in [0.4, 0.5) is 0 Å². The molecule has 0 N–H and O–H groups in total. The molecule has 0 aromatic carbocycles. The number of fused-ring (bicyclic) bond motifs is 1. The third kappa shape index (κ3) is 1.49. The molecule has 1 fully saturated rings. The first-order chi connectivity index (χ1) is 7.43. The predicted molar refractivity (Wildman–Crippen MR) is 68.5 cm³/mol. The van der Waals surface area contributed by atoms with Crippen LogP contribution in [0.5, 0.6) is 0 Å². The molecule has 88 valence electrons. The highest BCUT2D eigenvalue weighted by Gasteiger charge is 2.57. The number of rotatable bonds is 3. The summed E-state index contributed by atoms with van der Waals surface area (Å²) < 4.78 is 6.17. The van der Waals surface area contributed by atoms with Gasteiger partial charge in [0.2, 0.25) is 0 Å². The summed E-state index contributed by atoms with van der Waals surface area (Å²) in [5.41, 5.74) is 3.01. The minimum absolute atomic E-state index is 0.0157. The lowest BCUT2D eigenvalue weighted by Crippen LogP contribution is -2.43. The maximum atomic E-state index is 6.17. The van der Waals surface area contributed by atoms with Crippen molar-refractivity contribution in [2.24, 2.45) is 17.8 Å². The van der Waals surface area contributed by atoms with Gasteiger partial charge in [-0.05, 0) is 32.6 Å². The van der Waals surface area contributed by atoms with E-state index < -0.39 is 0 Å². The number of hydrogen-bond donors (Lipinski definition) is 0. The van der Waals surface area contributed by atoms with Crippen molar-refractivity contribution in [2.45, 2.75) is 59.1 Å². The standard InChI is InChI=1S/C14H23BO/c1-6-14(7-8(2)3)12-10(5)9(4)11(12)13(15)16-14/h8,11-13H,6-7H2,1-5H3. The second-order valence-corrected chi connectivity index (χ2v) is 5.97. The van der Waals surface area contributed by atoms with Crippen LogP contribution < -0.4 is 0 Å². The fraction of sp³-hybridized carbons (Fsp3) is 0.857. The Balaban J connectivity index is 2.29. The molecule has 2 radical (unpaired) electrons. The normalized spacial score (nSPS) is 42.5. The molecule has 0 spiro atoms. The van der Waals surface area contributed by atoms with Crippen molar-refractivity contribution in [1.29, 1.82) is 0 Å². The van der Waals surface area contributed by atoms with E-state index in [1.54, 1.807) is 0 Å². The Hall–Kier alpha value is -0.235. The van der Waals surface area contributed by atoms with Crippen LogP contribution in [-0.4, -0.2) is 19.5 Å². The third-order valence-electron chi connectivity index (χ3n) is 4.59. The summed E-state index contributed by atoms with van der Waals surface area (Å²) in [4.78, 5) is 0. The van der Waals surface area contributed by atoms with Crippen molar-refractivity contribution in [3.63, 3.8) is 0 Å². The second kappa shape index (κ2) is 3.91. The highest BCUT2D eigenvalue weighted by Crippen LogP contribution is 2.58. The largest absolute Gasteiger partial charge is 0.380 e. The first-order valence-corrected chi connectivity index (χ1v) is 6.53. The molecular formula is C14H23BO. The summed E-state index contributed by atoms with van der Waals surface area (Å²) >= 11 is 0. The summed E-state index contributed by atoms with van der Waals surface area (Å²) in [7, 11) is 6.14. The lowest BCUT2D eigenvalue weighted by atomic mass is 9.58. The van der Waals surface area contributed by atoms with Crippen LogP contribution in [0.3, 0.4) is 0 Å². The Kier molecular flexibility index (Phi) is 2.98. The van der Waals surface area contributed by atoms with Gasteiger partial charge >= 0.3 is 0 Å². The highest BCUT2D eigenvalue weighted by atomic mass is 16.5. The zero-order valence-corrected chi connectivity index (χ0v) is 11.2. The molecule has 0 saturated carbocycles. The van der Waals surface area contributed by atoms with E-state index in [-0.39, 0.29) is 11.6 Å². The Morgan fingerprint density at radius 2 is 1.94 bits per heavy atom. The molecule has 1 aliphatic carbocycles. The fourth-order valence-electron chi connectivity index (χ4n) is 3.82. The maximum absolute atomic E-state index is 6.17. The van der Waals surface area contributed by atoms with Gasteiger partial charge in [0.1, 0.15) is 7.85 Å². The van der Waals surface area contributed by atoms with Gasteiger partial charge in [-0.25, -0.2) is 0 Å². The SMILES string of the molecule is [B]C1OC(CC)(CC(C)C)C2C(C)=C(C)C12. The third-order valence-corrected chi connectivity index (χ3v) is 4.59. The Morgan fingerprint density at radius 3 is 2.44 bits per heavy atom. The Morgan fingerprint density at radius 1 is 1.31 bits per heavy atom. The molecule has 1 saturated heterocycles. The molecule has 1 nitrogen and oxygen atoms in total. The van der Waals surface area contributed by atoms with E-state index >= 15 is 0 Å². The van der Waals surface area contributed by atoms with Crippen molar-refractivity contribution >= 4 is 7.85 Å². The van der Waals surface area contributed by atoms with E-state index in [0.717, 1.165) is 12.8 Å². The van der Waals surface area contributed by atoms with E-state index in [1.807, 2.05) is 0 Å². The van der Waals surface area contributed by atoms with Gasteiger partial charge in [-0.2, -0.15) is 0 Å². The summed E-state index contributed by atoms with van der Waals surface area (Å²) in [6, 6.07) is -0.0765. The van der Waals surface area contributed by atoms with E-state index in [9.17, 15) is 0 Å². The number of ether oxygens (including phenoxy) is 1. The Labute approximate surface area is 101 Å². The average Bonchev–Trinajstić information content (AvgIpc) is 2.47. The second-order valence-electron chi connectivity index (χ2n) is 5.97. The molecule has 16 heavy (non-hydrogen) atoms. The molecule has 4 atom stereocenters. The van der Waals surface area contributed by atoms with Gasteiger partial charge in [0, 0.05) is 17.8 Å². The van der Waals surface area contributed by atoms with Crippen molar-refractivity contribution in [2.75, 3.05) is 0 Å². The van der Waals surface area contributed by atoms with Crippen molar-refractivity contribution < 1.29 is 4.74 Å². The molecule has 0 aromatic heterocycles. The van der Waals surface area contributed by atoms with Gasteiger partial charge in [-0.1, -0.05) is 31.9 Å². The van der Waals surface area contributed by atoms with Gasteiger partial charge in [-0.3, -0.25) is 0 Å². The molecule has 2 aliphatic rings. The van der Waals surface area contributed by atoms with Crippen LogP contribution in [0.1, 0.15) is 47.5 Å². The van der Waals surface area contributed by atoms with Gasteiger partial charge in [-0.15, -0.1) is 0 Å². The lowest BCUT2D eigenvalue weighted by Gasteiger charge is -2.44. The summed E-state index contributed by atoms with van der Waals surface area (Å²) in [6.45, 7) is 11.2. The molecule has 2 heteroatoms. The van der Waals surface area contributed by atoms with Crippen molar-refractivity contribution in [3.05, 3.63) is 11.1 Å². The van der Waals surface area contributed by atoms with Crippen LogP contribution in [0.15, 0.2) is 11.1 Å². The first kappa shape index (κ1) is 12.2. The highest BCUT2D eigenvalue weighted by molar-refractivity contribution is 6.12. The van der Waals surface area contributed by atoms with E-state index in [4.69, 9.17) is 12.6 Å². The van der Waals surface area contributed by atoms with E-state index in [2.05, 4.69) is 34.6 Å². The zero-order valence-electron chi connectivity index (χ0n) is 11.2. The summed E-state index contributed by atoms with van der Waals surface area (Å²) in [6.07, 6.45) is 2.20. The van der Waals surface area contributed by atoms with Gasteiger partial charge < -0.3 is 4.74 Å². The van der Waals surface area contributed by atoms with E-state index in [1.165, 1.54) is 11.1 Å². The molecular weight excluding hydrogens is 195 g/mol. The van der Waals surface area contributed by atoms with Crippen LogP contribution in [0.25, 0.3) is 0 Å². The van der Waals surface area contributed by atoms with Gasteiger partial charge in [0.25, 0.3) is 0 Å². The molecule has 1 aliphatic heterocycles. The quantitative estimate of drug-likeness (QED) is 0.521. The summed E-state index contributed by atoms with van der Waals surface area (Å²) in [5, 5.41) is 0.